The van der Waals surface area contributed by atoms with Gasteiger partial charge in [0.05, 0.1) is 34.0 Å². The Morgan fingerprint density at radius 3 is 1.13 bits per heavy atom. The standard InChI is InChI=1S/C56H78N10O10S2/c1-35(39-19-15-13-16-20-39)59-51(69)45-33-63(27-29-65(45)53(71)47(55(5,6)7)61-49(67)37(3)57-11)77(73,74)43-25-23-42-32-44(26-24-41(42)31-43)78(75,76)64-28-30-66(54(72)48(56(8,9)10)62-50(68)38(4)58-12)46(34-64)52(70)60-36(2)40-21-17-14-18-22-40/h13-26,31-32,35-38,45-48,57-58H,27-30,33-34H2,1-12H3,(H,59,69)(H,60,70)(H,61,67)(H,62,68)/t35-,36-,37+,38+,45+,46+,47-,48-/m1/s1. The maximum absolute atomic E-state index is 14.6. The van der Waals surface area contributed by atoms with E-state index < -0.39 is 128 Å². The van der Waals surface area contributed by atoms with E-state index in [4.69, 9.17) is 0 Å². The summed E-state index contributed by atoms with van der Waals surface area (Å²) < 4.78 is 60.9. The molecule has 6 rings (SSSR count). The van der Waals surface area contributed by atoms with Gasteiger partial charge in [0, 0.05) is 39.3 Å². The van der Waals surface area contributed by atoms with Crippen LogP contribution in [0, 0.1) is 10.8 Å². The second kappa shape index (κ2) is 24.8. The first-order valence-electron chi connectivity index (χ1n) is 26.3. The maximum Gasteiger partial charge on any atom is 0.246 e. The minimum atomic E-state index is -4.35. The number of sulfonamides is 2. The normalized spacial score (nSPS) is 19.4. The van der Waals surface area contributed by atoms with Gasteiger partial charge in [-0.2, -0.15) is 8.61 Å². The van der Waals surface area contributed by atoms with Crippen molar-refractivity contribution in [1.29, 1.82) is 0 Å². The minimum Gasteiger partial charge on any atom is -0.348 e. The van der Waals surface area contributed by atoms with E-state index in [1.54, 1.807) is 83.3 Å². The van der Waals surface area contributed by atoms with Gasteiger partial charge in [-0.05, 0) is 98.8 Å². The molecule has 6 N–H and O–H groups in total. The van der Waals surface area contributed by atoms with E-state index in [0.717, 1.165) is 19.7 Å². The summed E-state index contributed by atoms with van der Waals surface area (Å²) >= 11 is 0. The molecular weight excluding hydrogens is 1040 g/mol. The second-order valence-electron chi connectivity index (χ2n) is 22.4. The van der Waals surface area contributed by atoms with Gasteiger partial charge in [-0.1, -0.05) is 114 Å². The Morgan fingerprint density at radius 2 is 0.821 bits per heavy atom. The summed E-state index contributed by atoms with van der Waals surface area (Å²) in [5, 5.41) is 18.1. The summed E-state index contributed by atoms with van der Waals surface area (Å²) in [4.78, 5) is 86.6. The van der Waals surface area contributed by atoms with Gasteiger partial charge in [-0.15, -0.1) is 0 Å². The molecule has 8 atom stereocenters. The van der Waals surface area contributed by atoms with Crippen LogP contribution < -0.4 is 31.9 Å². The predicted molar refractivity (Wildman–Crippen MR) is 298 cm³/mol. The zero-order valence-corrected chi connectivity index (χ0v) is 48.4. The van der Waals surface area contributed by atoms with Crippen LogP contribution in [0.5, 0.6) is 0 Å². The average molecular weight is 1120 g/mol. The number of carbonyl (C=O) groups excluding carboxylic acids is 6. The molecule has 0 aliphatic carbocycles. The third-order valence-corrected chi connectivity index (χ3v) is 18.4. The lowest BCUT2D eigenvalue weighted by atomic mass is 9.85. The second-order valence-corrected chi connectivity index (χ2v) is 26.3. The first-order valence-corrected chi connectivity index (χ1v) is 29.2. The Bertz CT molecular complexity index is 2860. The van der Waals surface area contributed by atoms with Crippen molar-refractivity contribution in [2.75, 3.05) is 53.4 Å². The van der Waals surface area contributed by atoms with Crippen LogP contribution in [0.25, 0.3) is 10.8 Å². The minimum absolute atomic E-state index is 0.132. The zero-order valence-electron chi connectivity index (χ0n) is 46.8. The van der Waals surface area contributed by atoms with Crippen molar-refractivity contribution >= 4 is 66.3 Å². The SMILES string of the molecule is CN[C@@H](C)C(=O)N[C@H](C(=O)N1CCN(S(=O)(=O)c2ccc3cc(S(=O)(=O)N4CCN(C(=O)[C@@H](NC(=O)[C@H](C)NC)C(C)(C)C)[C@H](C(=O)N[C@H](C)c5ccccc5)C4)ccc3c2)C[C@H]1C(=O)N[C@H](C)c1ccccc1)C(C)(C)C. The lowest BCUT2D eigenvalue weighted by molar-refractivity contribution is -0.148. The summed E-state index contributed by atoms with van der Waals surface area (Å²) in [6.07, 6.45) is 0. The lowest BCUT2D eigenvalue weighted by Crippen LogP contribution is -2.66. The number of nitrogens with one attached hydrogen (secondary N) is 6. The Balaban J connectivity index is 1.27. The van der Waals surface area contributed by atoms with Crippen molar-refractivity contribution < 1.29 is 45.6 Å². The molecule has 2 aliphatic rings. The number of amides is 6. The van der Waals surface area contributed by atoms with Crippen molar-refractivity contribution in [3.05, 3.63) is 108 Å². The van der Waals surface area contributed by atoms with Gasteiger partial charge in [0.25, 0.3) is 0 Å². The number of fused-ring (bicyclic) bond motifs is 1. The zero-order chi connectivity index (χ0) is 57.7. The highest BCUT2D eigenvalue weighted by Crippen LogP contribution is 2.31. The van der Waals surface area contributed by atoms with Crippen molar-refractivity contribution in [3.63, 3.8) is 0 Å². The lowest BCUT2D eigenvalue weighted by Gasteiger charge is -2.43. The fourth-order valence-corrected chi connectivity index (χ4v) is 12.4. The van der Waals surface area contributed by atoms with E-state index in [1.165, 1.54) is 46.2 Å². The van der Waals surface area contributed by atoms with E-state index in [0.29, 0.717) is 10.8 Å². The van der Waals surface area contributed by atoms with Crippen LogP contribution in [0.15, 0.2) is 107 Å². The quantitative estimate of drug-likeness (QED) is 0.0840. The van der Waals surface area contributed by atoms with Crippen LogP contribution in [0.4, 0.5) is 0 Å². The number of rotatable bonds is 18. The molecule has 0 saturated carbocycles. The molecular formula is C56H78N10O10S2. The van der Waals surface area contributed by atoms with Crippen molar-refractivity contribution in [1.82, 2.24) is 50.3 Å². The van der Waals surface area contributed by atoms with Gasteiger partial charge >= 0.3 is 0 Å². The Kier molecular flexibility index (Phi) is 19.4. The summed E-state index contributed by atoms with van der Waals surface area (Å²) in [6, 6.07) is 19.9. The fourth-order valence-electron chi connectivity index (χ4n) is 9.44. The monoisotopic (exact) mass is 1110 g/mol. The molecule has 2 fully saturated rings. The molecule has 78 heavy (non-hydrogen) atoms. The first kappa shape index (κ1) is 60.9. The van der Waals surface area contributed by atoms with E-state index in [-0.39, 0.29) is 36.0 Å². The molecule has 2 saturated heterocycles. The van der Waals surface area contributed by atoms with E-state index in [1.807, 2.05) is 60.7 Å². The Hall–Kier alpha value is -6.30. The number of nitrogens with zero attached hydrogens (tertiary/aromatic N) is 4. The number of hydrogen-bond acceptors (Lipinski definition) is 12. The summed E-state index contributed by atoms with van der Waals surface area (Å²) in [5.41, 5.74) is -0.0192. The van der Waals surface area contributed by atoms with Crippen LogP contribution >= 0.6 is 0 Å². The van der Waals surface area contributed by atoms with Gasteiger partial charge in [0.15, 0.2) is 0 Å². The van der Waals surface area contributed by atoms with Gasteiger partial charge < -0.3 is 41.7 Å². The van der Waals surface area contributed by atoms with E-state index in [2.05, 4.69) is 31.9 Å². The number of carbonyl (C=O) groups is 6. The molecule has 424 valence electrons. The van der Waals surface area contributed by atoms with Gasteiger partial charge in [-0.25, -0.2) is 16.8 Å². The molecule has 0 bridgehead atoms. The molecule has 4 aromatic carbocycles. The fraction of sp³-hybridized carbons (Fsp3) is 0.500. The van der Waals surface area contributed by atoms with Crippen LogP contribution in [-0.4, -0.2) is 160 Å². The Morgan fingerprint density at radius 1 is 0.487 bits per heavy atom. The largest absolute Gasteiger partial charge is 0.348 e. The summed E-state index contributed by atoms with van der Waals surface area (Å²) in [7, 11) is -5.47. The molecule has 0 unspecified atom stereocenters. The Labute approximate surface area is 459 Å². The molecule has 4 aromatic rings. The molecule has 0 aromatic heterocycles. The number of piperazine rings is 2. The average Bonchev–Trinajstić information content (AvgIpc) is 3.41. The van der Waals surface area contributed by atoms with E-state index in [9.17, 15) is 45.6 Å². The molecule has 20 nitrogen and oxygen atoms in total. The van der Waals surface area contributed by atoms with Crippen molar-refractivity contribution in [3.8, 4) is 0 Å². The topological polar surface area (TPSA) is 256 Å². The molecule has 0 radical (unpaired) electrons. The predicted octanol–water partition coefficient (Wildman–Crippen LogP) is 3.28. The molecule has 22 heteroatoms. The third kappa shape index (κ3) is 13.9. The highest BCUT2D eigenvalue weighted by molar-refractivity contribution is 7.89. The maximum atomic E-state index is 14.6. The van der Waals surface area contributed by atoms with Crippen molar-refractivity contribution in [2.45, 2.75) is 127 Å². The molecule has 6 amide bonds. The van der Waals surface area contributed by atoms with Crippen LogP contribution in [0.2, 0.25) is 0 Å². The van der Waals surface area contributed by atoms with Gasteiger partial charge in [0.1, 0.15) is 24.2 Å². The summed E-state index contributed by atoms with van der Waals surface area (Å²) in [5.74, 6) is -3.10. The molecule has 2 aliphatic heterocycles. The molecule has 2 heterocycles. The molecule has 0 spiro atoms. The third-order valence-electron chi connectivity index (χ3n) is 14.7. The number of hydrogen-bond donors (Lipinski definition) is 6. The van der Waals surface area contributed by atoms with Crippen molar-refractivity contribution in [2.24, 2.45) is 10.8 Å². The van der Waals surface area contributed by atoms with Gasteiger partial charge in [-0.3, -0.25) is 28.8 Å². The smallest absolute Gasteiger partial charge is 0.246 e. The highest BCUT2D eigenvalue weighted by Gasteiger charge is 2.47. The first-order chi connectivity index (χ1) is 36.5. The van der Waals surface area contributed by atoms with Crippen LogP contribution in [-0.2, 0) is 48.8 Å². The van der Waals surface area contributed by atoms with Crippen LogP contribution in [0.1, 0.15) is 92.4 Å². The van der Waals surface area contributed by atoms with E-state index >= 15 is 0 Å². The number of likely N-dealkylation sites (N-methyl/N-ethyl adjacent to an activating group) is 2. The summed E-state index contributed by atoms with van der Waals surface area (Å²) in [6.45, 7) is 16.1. The highest BCUT2D eigenvalue weighted by atomic mass is 32.2. The van der Waals surface area contributed by atoms with Crippen LogP contribution in [0.3, 0.4) is 0 Å². The van der Waals surface area contributed by atoms with Gasteiger partial charge in [0.2, 0.25) is 55.5 Å². The number of benzene rings is 4.